The third kappa shape index (κ3) is 3.53. The zero-order valence-electron chi connectivity index (χ0n) is 18.4. The van der Waals surface area contributed by atoms with E-state index >= 15 is 0 Å². The molecule has 162 valence electrons. The van der Waals surface area contributed by atoms with E-state index in [0.717, 1.165) is 57.7 Å². The second kappa shape index (κ2) is 8.16. The first kappa shape index (κ1) is 20.2. The van der Waals surface area contributed by atoms with Crippen molar-refractivity contribution in [3.05, 3.63) is 106 Å². The molecule has 3 aromatic carbocycles. The number of rotatable bonds is 4. The van der Waals surface area contributed by atoms with Crippen molar-refractivity contribution in [2.75, 3.05) is 11.4 Å². The van der Waals surface area contributed by atoms with Gasteiger partial charge < -0.3 is 4.90 Å². The van der Waals surface area contributed by atoms with Gasteiger partial charge in [0.25, 0.3) is 0 Å². The summed E-state index contributed by atoms with van der Waals surface area (Å²) in [6.07, 6.45) is 1.01. The standard InChI is InChI=1S/C28H23BrN4/c1-19-24-16-17-32(18-20-8-4-2-5-9-20)27(24)25-26(21-12-14-22(29)15-13-21)31-33(28(25)30-19)23-10-6-3-7-11-23/h2-15H,16-18H2,1H3. The molecule has 6 rings (SSSR count). The number of halogens is 1. The van der Waals surface area contributed by atoms with Crippen LogP contribution in [0.4, 0.5) is 5.69 Å². The molecule has 0 unspecified atom stereocenters. The van der Waals surface area contributed by atoms with Gasteiger partial charge in [0, 0.05) is 28.8 Å². The third-order valence-electron chi connectivity index (χ3n) is 6.38. The van der Waals surface area contributed by atoms with Crippen molar-refractivity contribution < 1.29 is 0 Å². The Kier molecular flexibility index (Phi) is 4.99. The first-order valence-corrected chi connectivity index (χ1v) is 12.0. The highest BCUT2D eigenvalue weighted by Crippen LogP contribution is 2.42. The molecule has 0 aliphatic carbocycles. The zero-order chi connectivity index (χ0) is 22.4. The number of anilines is 1. The van der Waals surface area contributed by atoms with E-state index in [0.29, 0.717) is 0 Å². The van der Waals surface area contributed by atoms with Gasteiger partial charge in [-0.25, -0.2) is 9.67 Å². The van der Waals surface area contributed by atoms with Crippen LogP contribution in [0, 0.1) is 6.92 Å². The Morgan fingerprint density at radius 3 is 2.30 bits per heavy atom. The molecule has 4 nitrogen and oxygen atoms in total. The van der Waals surface area contributed by atoms with Gasteiger partial charge in [-0.15, -0.1) is 0 Å². The lowest BCUT2D eigenvalue weighted by Crippen LogP contribution is -2.20. The second-order valence-corrected chi connectivity index (χ2v) is 9.40. The van der Waals surface area contributed by atoms with Crippen LogP contribution in [0.15, 0.2) is 89.4 Å². The largest absolute Gasteiger partial charge is 0.366 e. The summed E-state index contributed by atoms with van der Waals surface area (Å²) in [6, 6.07) is 29.4. The van der Waals surface area contributed by atoms with Crippen molar-refractivity contribution in [3.8, 4) is 16.9 Å². The van der Waals surface area contributed by atoms with E-state index in [1.807, 2.05) is 22.9 Å². The Morgan fingerprint density at radius 2 is 1.58 bits per heavy atom. The van der Waals surface area contributed by atoms with E-state index < -0.39 is 0 Å². The van der Waals surface area contributed by atoms with Crippen LogP contribution in [-0.2, 0) is 13.0 Å². The predicted octanol–water partition coefficient (Wildman–Crippen LogP) is 6.72. The van der Waals surface area contributed by atoms with Crippen molar-refractivity contribution in [1.82, 2.24) is 14.8 Å². The molecule has 0 bridgehead atoms. The fraction of sp³-hybridized carbons (Fsp3) is 0.143. The predicted molar refractivity (Wildman–Crippen MR) is 138 cm³/mol. The van der Waals surface area contributed by atoms with Crippen LogP contribution in [0.5, 0.6) is 0 Å². The Morgan fingerprint density at radius 1 is 0.879 bits per heavy atom. The topological polar surface area (TPSA) is 34.0 Å². The maximum absolute atomic E-state index is 5.13. The Hall–Kier alpha value is -3.44. The first-order valence-electron chi connectivity index (χ1n) is 11.2. The third-order valence-corrected chi connectivity index (χ3v) is 6.91. The summed E-state index contributed by atoms with van der Waals surface area (Å²) < 4.78 is 3.06. The van der Waals surface area contributed by atoms with E-state index in [-0.39, 0.29) is 0 Å². The van der Waals surface area contributed by atoms with Gasteiger partial charge in [-0.1, -0.05) is 76.6 Å². The number of benzene rings is 3. The number of nitrogens with zero attached hydrogens (tertiary/aromatic N) is 4. The molecular weight excluding hydrogens is 472 g/mol. The summed E-state index contributed by atoms with van der Waals surface area (Å²) in [5.74, 6) is 0. The number of pyridine rings is 1. The van der Waals surface area contributed by atoms with Gasteiger partial charge in [0.1, 0.15) is 5.69 Å². The number of hydrogen-bond acceptors (Lipinski definition) is 3. The molecule has 0 saturated carbocycles. The Labute approximate surface area is 201 Å². The lowest BCUT2D eigenvalue weighted by Gasteiger charge is -2.21. The summed E-state index contributed by atoms with van der Waals surface area (Å²) >= 11 is 3.57. The minimum absolute atomic E-state index is 0.878. The molecule has 0 spiro atoms. The second-order valence-electron chi connectivity index (χ2n) is 8.48. The molecule has 1 aliphatic rings. The lowest BCUT2D eigenvalue weighted by molar-refractivity contribution is 0.837. The minimum Gasteiger partial charge on any atom is -0.366 e. The number of fused-ring (bicyclic) bond motifs is 3. The highest BCUT2D eigenvalue weighted by atomic mass is 79.9. The molecular formula is C28H23BrN4. The Bertz CT molecular complexity index is 1440. The van der Waals surface area contributed by atoms with E-state index in [9.17, 15) is 0 Å². The molecule has 5 heteroatoms. The first-order chi connectivity index (χ1) is 16.2. The average molecular weight is 495 g/mol. The van der Waals surface area contributed by atoms with Gasteiger partial charge in [-0.05, 0) is 48.7 Å². The van der Waals surface area contributed by atoms with Crippen LogP contribution in [0.1, 0.15) is 16.8 Å². The normalized spacial score (nSPS) is 13.0. The van der Waals surface area contributed by atoms with Gasteiger partial charge in [-0.3, -0.25) is 0 Å². The van der Waals surface area contributed by atoms with Crippen LogP contribution in [0.2, 0.25) is 0 Å². The zero-order valence-corrected chi connectivity index (χ0v) is 20.0. The number of aromatic nitrogens is 3. The molecule has 5 aromatic rings. The van der Waals surface area contributed by atoms with Crippen molar-refractivity contribution >= 4 is 32.7 Å². The SMILES string of the molecule is Cc1nc2c(c(-c3ccc(Br)cc3)nn2-c2ccccc2)c2c1CCN2Cc1ccccc1. The fourth-order valence-electron chi connectivity index (χ4n) is 4.81. The lowest BCUT2D eigenvalue weighted by atomic mass is 10.0. The minimum atomic E-state index is 0.878. The number of hydrogen-bond donors (Lipinski definition) is 0. The van der Waals surface area contributed by atoms with Crippen molar-refractivity contribution in [1.29, 1.82) is 0 Å². The van der Waals surface area contributed by atoms with E-state index in [1.54, 1.807) is 0 Å². The summed E-state index contributed by atoms with van der Waals surface area (Å²) in [6.45, 7) is 4.00. The van der Waals surface area contributed by atoms with Crippen LogP contribution in [-0.4, -0.2) is 21.3 Å². The molecule has 0 atom stereocenters. The summed E-state index contributed by atoms with van der Waals surface area (Å²) in [5.41, 5.74) is 9.02. The van der Waals surface area contributed by atoms with Gasteiger partial charge in [0.2, 0.25) is 0 Å². The van der Waals surface area contributed by atoms with Crippen molar-refractivity contribution in [2.24, 2.45) is 0 Å². The van der Waals surface area contributed by atoms with Crippen LogP contribution >= 0.6 is 15.9 Å². The van der Waals surface area contributed by atoms with E-state index in [2.05, 4.69) is 94.5 Å². The van der Waals surface area contributed by atoms with Crippen molar-refractivity contribution in [2.45, 2.75) is 19.9 Å². The molecule has 1 aliphatic heterocycles. The number of aryl methyl sites for hydroxylation is 1. The molecule has 0 radical (unpaired) electrons. The highest BCUT2D eigenvalue weighted by molar-refractivity contribution is 9.10. The van der Waals surface area contributed by atoms with Gasteiger partial charge in [-0.2, -0.15) is 5.10 Å². The van der Waals surface area contributed by atoms with Crippen LogP contribution in [0.25, 0.3) is 28.0 Å². The number of para-hydroxylation sites is 1. The molecule has 2 aromatic heterocycles. The van der Waals surface area contributed by atoms with Crippen LogP contribution < -0.4 is 4.90 Å². The summed E-state index contributed by atoms with van der Waals surface area (Å²) in [4.78, 5) is 7.59. The molecule has 33 heavy (non-hydrogen) atoms. The van der Waals surface area contributed by atoms with E-state index in [4.69, 9.17) is 10.1 Å². The average Bonchev–Trinajstić information content (AvgIpc) is 3.43. The molecule has 0 saturated heterocycles. The smallest absolute Gasteiger partial charge is 0.165 e. The molecule has 3 heterocycles. The summed E-state index contributed by atoms with van der Waals surface area (Å²) in [7, 11) is 0. The van der Waals surface area contributed by atoms with Gasteiger partial charge >= 0.3 is 0 Å². The molecule has 0 fully saturated rings. The highest BCUT2D eigenvalue weighted by Gasteiger charge is 2.29. The van der Waals surface area contributed by atoms with Gasteiger partial charge in [0.15, 0.2) is 5.65 Å². The maximum atomic E-state index is 5.13. The molecule has 0 amide bonds. The fourth-order valence-corrected chi connectivity index (χ4v) is 5.07. The summed E-state index contributed by atoms with van der Waals surface area (Å²) in [5, 5.41) is 6.27. The molecule has 0 N–H and O–H groups in total. The van der Waals surface area contributed by atoms with E-state index in [1.165, 1.54) is 16.8 Å². The Balaban J connectivity index is 1.62. The van der Waals surface area contributed by atoms with Crippen LogP contribution in [0.3, 0.4) is 0 Å². The van der Waals surface area contributed by atoms with Crippen molar-refractivity contribution in [3.63, 3.8) is 0 Å². The quantitative estimate of drug-likeness (QED) is 0.278. The maximum Gasteiger partial charge on any atom is 0.165 e. The monoisotopic (exact) mass is 494 g/mol. The van der Waals surface area contributed by atoms with Gasteiger partial charge in [0.05, 0.1) is 16.8 Å².